The van der Waals surface area contributed by atoms with E-state index in [-0.39, 0.29) is 5.56 Å². The van der Waals surface area contributed by atoms with Crippen molar-refractivity contribution in [2.24, 2.45) is 5.92 Å². The molecule has 0 saturated heterocycles. The SMILES string of the molecule is Cc1cc(C#CC2CC2)cc(=O)n1Cc1ccc(Br)cc1. The van der Waals surface area contributed by atoms with Crippen LogP contribution in [0.25, 0.3) is 0 Å². The smallest absolute Gasteiger partial charge is 0.252 e. The zero-order chi connectivity index (χ0) is 14.8. The zero-order valence-corrected chi connectivity index (χ0v) is 13.5. The van der Waals surface area contributed by atoms with Crippen LogP contribution in [0.15, 0.2) is 45.7 Å². The number of hydrogen-bond acceptors (Lipinski definition) is 1. The Morgan fingerprint density at radius 1 is 1.24 bits per heavy atom. The molecule has 0 bridgehead atoms. The van der Waals surface area contributed by atoms with Crippen molar-refractivity contribution in [3.8, 4) is 11.8 Å². The fraction of sp³-hybridized carbons (Fsp3) is 0.278. The van der Waals surface area contributed by atoms with Gasteiger partial charge >= 0.3 is 0 Å². The van der Waals surface area contributed by atoms with Crippen LogP contribution < -0.4 is 5.56 Å². The van der Waals surface area contributed by atoms with E-state index in [1.54, 1.807) is 10.6 Å². The number of benzene rings is 1. The lowest BCUT2D eigenvalue weighted by molar-refractivity contribution is 0.729. The molecule has 1 aliphatic carbocycles. The highest BCUT2D eigenvalue weighted by atomic mass is 79.9. The molecule has 0 N–H and O–H groups in total. The van der Waals surface area contributed by atoms with Gasteiger partial charge in [-0.1, -0.05) is 39.9 Å². The van der Waals surface area contributed by atoms with Crippen molar-refractivity contribution >= 4 is 15.9 Å². The number of hydrogen-bond donors (Lipinski definition) is 0. The van der Waals surface area contributed by atoms with Gasteiger partial charge < -0.3 is 4.57 Å². The number of pyridine rings is 1. The fourth-order valence-electron chi connectivity index (χ4n) is 2.19. The van der Waals surface area contributed by atoms with Gasteiger partial charge in [-0.15, -0.1) is 0 Å². The summed E-state index contributed by atoms with van der Waals surface area (Å²) in [6, 6.07) is 11.7. The summed E-state index contributed by atoms with van der Waals surface area (Å²) < 4.78 is 2.83. The van der Waals surface area contributed by atoms with Crippen molar-refractivity contribution in [1.82, 2.24) is 4.57 Å². The summed E-state index contributed by atoms with van der Waals surface area (Å²) in [6.45, 7) is 2.55. The van der Waals surface area contributed by atoms with E-state index < -0.39 is 0 Å². The second-order valence-corrected chi connectivity index (χ2v) is 6.40. The van der Waals surface area contributed by atoms with Crippen molar-refractivity contribution < 1.29 is 0 Å². The molecule has 1 aromatic carbocycles. The third-order valence-electron chi connectivity index (χ3n) is 3.59. The first-order valence-electron chi connectivity index (χ1n) is 7.09. The maximum atomic E-state index is 12.3. The van der Waals surface area contributed by atoms with Gasteiger partial charge in [0.1, 0.15) is 0 Å². The van der Waals surface area contributed by atoms with Crippen molar-refractivity contribution in [2.75, 3.05) is 0 Å². The summed E-state index contributed by atoms with van der Waals surface area (Å²) in [6.07, 6.45) is 2.40. The molecular formula is C18H16BrNO. The van der Waals surface area contributed by atoms with Crippen molar-refractivity contribution in [2.45, 2.75) is 26.3 Å². The fourth-order valence-corrected chi connectivity index (χ4v) is 2.45. The van der Waals surface area contributed by atoms with Crippen LogP contribution in [0, 0.1) is 24.7 Å². The van der Waals surface area contributed by atoms with Gasteiger partial charge in [0.15, 0.2) is 0 Å². The van der Waals surface area contributed by atoms with Crippen LogP contribution in [0.4, 0.5) is 0 Å². The highest BCUT2D eigenvalue weighted by Crippen LogP contribution is 2.27. The lowest BCUT2D eigenvalue weighted by Gasteiger charge is -2.10. The maximum absolute atomic E-state index is 12.3. The van der Waals surface area contributed by atoms with Crippen LogP contribution in [-0.2, 0) is 6.54 Å². The Kier molecular flexibility index (Phi) is 3.98. The molecule has 21 heavy (non-hydrogen) atoms. The normalized spacial score (nSPS) is 13.6. The van der Waals surface area contributed by atoms with Crippen LogP contribution in [-0.4, -0.2) is 4.57 Å². The van der Waals surface area contributed by atoms with Gasteiger partial charge in [-0.3, -0.25) is 4.79 Å². The Labute approximate surface area is 132 Å². The third kappa shape index (κ3) is 3.65. The summed E-state index contributed by atoms with van der Waals surface area (Å²) >= 11 is 3.42. The molecule has 0 amide bonds. The predicted octanol–water partition coefficient (Wildman–Crippen LogP) is 3.73. The summed E-state index contributed by atoms with van der Waals surface area (Å²) in [5.41, 5.74) is 2.90. The van der Waals surface area contributed by atoms with Crippen LogP contribution in [0.1, 0.15) is 29.7 Å². The van der Waals surface area contributed by atoms with E-state index in [1.807, 2.05) is 37.3 Å². The van der Waals surface area contributed by atoms with Gasteiger partial charge in [0.25, 0.3) is 5.56 Å². The number of rotatable bonds is 2. The van der Waals surface area contributed by atoms with E-state index in [0.29, 0.717) is 12.5 Å². The van der Waals surface area contributed by atoms with Crippen LogP contribution in [0.2, 0.25) is 0 Å². The first kappa shape index (κ1) is 14.2. The molecule has 0 atom stereocenters. The highest BCUT2D eigenvalue weighted by Gasteiger charge is 2.17. The Morgan fingerprint density at radius 2 is 1.95 bits per heavy atom. The zero-order valence-electron chi connectivity index (χ0n) is 11.9. The van der Waals surface area contributed by atoms with Crippen LogP contribution in [0.3, 0.4) is 0 Å². The predicted molar refractivity (Wildman–Crippen MR) is 88.3 cm³/mol. The van der Waals surface area contributed by atoms with E-state index in [0.717, 1.165) is 21.3 Å². The molecule has 1 aromatic heterocycles. The second-order valence-electron chi connectivity index (χ2n) is 5.48. The first-order valence-corrected chi connectivity index (χ1v) is 7.88. The van der Waals surface area contributed by atoms with Crippen molar-refractivity contribution in [3.05, 3.63) is 68.0 Å². The number of halogens is 1. The Balaban J connectivity index is 1.87. The van der Waals surface area contributed by atoms with E-state index >= 15 is 0 Å². The number of aromatic nitrogens is 1. The number of nitrogens with zero attached hydrogens (tertiary/aromatic N) is 1. The molecule has 1 heterocycles. The lowest BCUT2D eigenvalue weighted by Crippen LogP contribution is -2.22. The molecule has 106 valence electrons. The molecule has 1 aliphatic rings. The standard InChI is InChI=1S/C18H16BrNO/c1-13-10-16(5-4-14-2-3-14)11-18(21)20(13)12-15-6-8-17(19)9-7-15/h6-11,14H,2-3,12H2,1H3. The minimum Gasteiger partial charge on any atom is -0.308 e. The Bertz CT molecular complexity index is 774. The molecule has 0 spiro atoms. The molecular weight excluding hydrogens is 326 g/mol. The average Bonchev–Trinajstić information content (AvgIpc) is 3.27. The molecule has 0 radical (unpaired) electrons. The minimum absolute atomic E-state index is 0.0121. The molecule has 2 aromatic rings. The van der Waals surface area contributed by atoms with Crippen molar-refractivity contribution in [1.29, 1.82) is 0 Å². The molecule has 3 heteroatoms. The van der Waals surface area contributed by atoms with Crippen molar-refractivity contribution in [3.63, 3.8) is 0 Å². The van der Waals surface area contributed by atoms with Crippen LogP contribution in [0.5, 0.6) is 0 Å². The topological polar surface area (TPSA) is 22.0 Å². The molecule has 1 saturated carbocycles. The average molecular weight is 342 g/mol. The summed E-state index contributed by atoms with van der Waals surface area (Å²) in [7, 11) is 0. The molecule has 0 unspecified atom stereocenters. The van der Waals surface area contributed by atoms with Gasteiger partial charge in [-0.25, -0.2) is 0 Å². The molecule has 3 rings (SSSR count). The molecule has 0 aliphatic heterocycles. The van der Waals surface area contributed by atoms with Gasteiger partial charge in [0.05, 0.1) is 6.54 Å². The third-order valence-corrected chi connectivity index (χ3v) is 4.12. The largest absolute Gasteiger partial charge is 0.308 e. The van der Waals surface area contributed by atoms with Gasteiger partial charge in [-0.05, 0) is 43.5 Å². The van der Waals surface area contributed by atoms with E-state index in [1.165, 1.54) is 12.8 Å². The van der Waals surface area contributed by atoms with E-state index in [9.17, 15) is 4.79 Å². The molecule has 1 fully saturated rings. The van der Waals surface area contributed by atoms with Gasteiger partial charge in [0, 0.05) is 27.7 Å². The first-order chi connectivity index (χ1) is 10.1. The highest BCUT2D eigenvalue weighted by molar-refractivity contribution is 9.10. The Morgan fingerprint density at radius 3 is 2.57 bits per heavy atom. The minimum atomic E-state index is 0.0121. The second kappa shape index (κ2) is 5.91. The van der Waals surface area contributed by atoms with Crippen LogP contribution >= 0.6 is 15.9 Å². The summed E-state index contributed by atoms with van der Waals surface area (Å²) in [5.74, 6) is 6.87. The van der Waals surface area contributed by atoms with E-state index in [4.69, 9.17) is 0 Å². The van der Waals surface area contributed by atoms with E-state index in [2.05, 4.69) is 27.8 Å². The quantitative estimate of drug-likeness (QED) is 0.763. The van der Waals surface area contributed by atoms with Gasteiger partial charge in [-0.2, -0.15) is 0 Å². The Hall–Kier alpha value is -1.79. The maximum Gasteiger partial charge on any atom is 0.252 e. The molecule has 2 nitrogen and oxygen atoms in total. The number of aryl methyl sites for hydroxylation is 1. The van der Waals surface area contributed by atoms with Gasteiger partial charge in [0.2, 0.25) is 0 Å². The lowest BCUT2D eigenvalue weighted by atomic mass is 10.2. The summed E-state index contributed by atoms with van der Waals surface area (Å²) in [5, 5.41) is 0. The summed E-state index contributed by atoms with van der Waals surface area (Å²) in [4.78, 5) is 12.3. The monoisotopic (exact) mass is 341 g/mol.